The number of benzene rings is 1. The van der Waals surface area contributed by atoms with Crippen LogP contribution in [0.2, 0.25) is 0 Å². The van der Waals surface area contributed by atoms with Gasteiger partial charge in [0.25, 0.3) is 5.91 Å². The lowest BCUT2D eigenvalue weighted by molar-refractivity contribution is -0.308. The minimum atomic E-state index is -1.26. The Kier molecular flexibility index (Phi) is 6.21. The molecule has 0 bridgehead atoms. The van der Waals surface area contributed by atoms with Crippen molar-refractivity contribution < 1.29 is 14.7 Å². The Morgan fingerprint density at radius 1 is 1.39 bits per heavy atom. The summed E-state index contributed by atoms with van der Waals surface area (Å²) in [6.07, 6.45) is 2.23. The number of carbonyl (C=O) groups excluding carboxylic acids is 2. The Balaban J connectivity index is 2.66. The number of rotatable bonds is 6. The predicted molar refractivity (Wildman–Crippen MR) is 73.4 cm³/mol. The number of carboxylic acids is 1. The number of aliphatic carboxylic acids is 1. The van der Waals surface area contributed by atoms with Crippen LogP contribution >= 0.6 is 27.7 Å². The normalized spacial score (nSPS) is 11.9. The molecule has 0 aliphatic heterocycles. The van der Waals surface area contributed by atoms with Crippen molar-refractivity contribution in [1.29, 1.82) is 0 Å². The molecule has 0 fully saturated rings. The summed E-state index contributed by atoms with van der Waals surface area (Å²) in [5.41, 5.74) is 0.425. The summed E-state index contributed by atoms with van der Waals surface area (Å²) in [7, 11) is 0. The van der Waals surface area contributed by atoms with Gasteiger partial charge < -0.3 is 15.2 Å². The average molecular weight is 331 g/mol. The lowest BCUT2D eigenvalue weighted by atomic mass is 10.1. The van der Waals surface area contributed by atoms with E-state index in [2.05, 4.69) is 21.2 Å². The van der Waals surface area contributed by atoms with Crippen LogP contribution < -0.4 is 10.4 Å². The van der Waals surface area contributed by atoms with E-state index < -0.39 is 17.9 Å². The van der Waals surface area contributed by atoms with Crippen molar-refractivity contribution in [2.24, 2.45) is 0 Å². The number of hydrogen-bond acceptors (Lipinski definition) is 4. The maximum Gasteiger partial charge on any atom is 0.251 e. The van der Waals surface area contributed by atoms with Gasteiger partial charge in [-0.1, -0.05) is 15.9 Å². The highest BCUT2D eigenvalue weighted by Gasteiger charge is 2.14. The first-order valence-electron chi connectivity index (χ1n) is 5.31. The fourth-order valence-electron chi connectivity index (χ4n) is 1.33. The highest BCUT2D eigenvalue weighted by atomic mass is 79.9. The monoisotopic (exact) mass is 330 g/mol. The molecule has 1 rings (SSSR count). The molecule has 1 N–H and O–H groups in total. The quantitative estimate of drug-likeness (QED) is 0.846. The molecule has 1 amide bonds. The summed E-state index contributed by atoms with van der Waals surface area (Å²) in [5.74, 6) is -1.01. The lowest BCUT2D eigenvalue weighted by Gasteiger charge is -2.19. The van der Waals surface area contributed by atoms with Gasteiger partial charge in [0, 0.05) is 10.0 Å². The molecule has 0 aliphatic rings. The van der Waals surface area contributed by atoms with E-state index in [-0.39, 0.29) is 0 Å². The van der Waals surface area contributed by atoms with E-state index in [4.69, 9.17) is 0 Å². The molecular formula is C12H13BrNO3S-. The first-order chi connectivity index (χ1) is 8.54. The average Bonchev–Trinajstić information content (AvgIpc) is 2.34. The van der Waals surface area contributed by atoms with Crippen molar-refractivity contribution in [3.05, 3.63) is 34.3 Å². The van der Waals surface area contributed by atoms with Crippen molar-refractivity contribution in [2.45, 2.75) is 12.5 Å². The number of hydrogen-bond donors (Lipinski definition) is 1. The third kappa shape index (κ3) is 4.70. The summed E-state index contributed by atoms with van der Waals surface area (Å²) >= 11 is 4.79. The number of halogens is 1. The van der Waals surface area contributed by atoms with E-state index in [0.29, 0.717) is 17.7 Å². The van der Waals surface area contributed by atoms with Gasteiger partial charge in [-0.15, -0.1) is 0 Å². The van der Waals surface area contributed by atoms with Crippen LogP contribution in [0.25, 0.3) is 0 Å². The van der Waals surface area contributed by atoms with E-state index in [9.17, 15) is 14.7 Å². The summed E-state index contributed by atoms with van der Waals surface area (Å²) in [4.78, 5) is 22.7. The van der Waals surface area contributed by atoms with Gasteiger partial charge in [0.05, 0.1) is 12.0 Å². The standard InChI is InChI=1S/C12H14BrNO3S/c1-18-7-6-10(12(16)17)14-11(15)8-2-4-9(13)5-3-8/h2-5,10H,6-7H2,1H3,(H,14,15)(H,16,17)/p-1/t10-/m0/s1. The van der Waals surface area contributed by atoms with Crippen molar-refractivity contribution in [3.8, 4) is 0 Å². The van der Waals surface area contributed by atoms with E-state index in [1.807, 2.05) is 6.26 Å². The Labute approximate surface area is 118 Å². The molecule has 6 heteroatoms. The molecule has 18 heavy (non-hydrogen) atoms. The van der Waals surface area contributed by atoms with Gasteiger partial charge in [0.1, 0.15) is 0 Å². The van der Waals surface area contributed by atoms with Crippen LogP contribution in [0.5, 0.6) is 0 Å². The van der Waals surface area contributed by atoms with Crippen LogP contribution in [0.1, 0.15) is 16.8 Å². The van der Waals surface area contributed by atoms with Crippen LogP contribution in [0.3, 0.4) is 0 Å². The van der Waals surface area contributed by atoms with Crippen LogP contribution in [0.4, 0.5) is 0 Å². The molecule has 1 aromatic rings. The second kappa shape index (κ2) is 7.43. The molecule has 98 valence electrons. The third-order valence-electron chi connectivity index (χ3n) is 2.31. The maximum atomic E-state index is 11.8. The second-order valence-electron chi connectivity index (χ2n) is 3.63. The van der Waals surface area contributed by atoms with Crippen molar-refractivity contribution >= 4 is 39.6 Å². The fraction of sp³-hybridized carbons (Fsp3) is 0.333. The molecule has 0 aliphatic carbocycles. The van der Waals surface area contributed by atoms with Crippen molar-refractivity contribution in [3.63, 3.8) is 0 Å². The first kappa shape index (κ1) is 15.0. The topological polar surface area (TPSA) is 69.2 Å². The highest BCUT2D eigenvalue weighted by Crippen LogP contribution is 2.11. The molecule has 0 saturated heterocycles. The Morgan fingerprint density at radius 3 is 2.50 bits per heavy atom. The van der Waals surface area contributed by atoms with Gasteiger partial charge in [0.15, 0.2) is 0 Å². The molecule has 0 radical (unpaired) electrons. The lowest BCUT2D eigenvalue weighted by Crippen LogP contribution is -2.48. The van der Waals surface area contributed by atoms with Crippen LogP contribution in [0.15, 0.2) is 28.7 Å². The number of carboxylic acid groups (broad SMARTS) is 1. The Morgan fingerprint density at radius 2 is 2.00 bits per heavy atom. The second-order valence-corrected chi connectivity index (χ2v) is 5.53. The number of amides is 1. The van der Waals surface area contributed by atoms with Crippen LogP contribution in [-0.2, 0) is 4.79 Å². The highest BCUT2D eigenvalue weighted by molar-refractivity contribution is 9.10. The molecule has 0 unspecified atom stereocenters. The van der Waals surface area contributed by atoms with Crippen molar-refractivity contribution in [2.75, 3.05) is 12.0 Å². The minimum Gasteiger partial charge on any atom is -0.548 e. The third-order valence-corrected chi connectivity index (χ3v) is 3.48. The zero-order chi connectivity index (χ0) is 13.5. The molecule has 0 spiro atoms. The van der Waals surface area contributed by atoms with Gasteiger partial charge in [-0.05, 0) is 42.7 Å². The molecule has 0 aromatic heterocycles. The molecular weight excluding hydrogens is 318 g/mol. The molecule has 0 heterocycles. The summed E-state index contributed by atoms with van der Waals surface area (Å²) in [6, 6.07) is 5.75. The van der Waals surface area contributed by atoms with Gasteiger partial charge in [-0.25, -0.2) is 0 Å². The Hall–Kier alpha value is -1.01. The first-order valence-corrected chi connectivity index (χ1v) is 7.49. The smallest absolute Gasteiger partial charge is 0.251 e. The van der Waals surface area contributed by atoms with Gasteiger partial charge in [-0.2, -0.15) is 11.8 Å². The summed E-state index contributed by atoms with van der Waals surface area (Å²) in [5, 5.41) is 13.3. The van der Waals surface area contributed by atoms with Crippen LogP contribution in [0, 0.1) is 0 Å². The number of thioether (sulfide) groups is 1. The molecule has 0 saturated carbocycles. The van der Waals surface area contributed by atoms with E-state index in [1.165, 1.54) is 11.8 Å². The summed E-state index contributed by atoms with van der Waals surface area (Å²) in [6.45, 7) is 0. The molecule has 1 atom stereocenters. The van der Waals surface area contributed by atoms with E-state index >= 15 is 0 Å². The number of carbonyl (C=O) groups is 2. The maximum absolute atomic E-state index is 11.8. The minimum absolute atomic E-state index is 0.353. The van der Waals surface area contributed by atoms with Gasteiger partial charge >= 0.3 is 0 Å². The summed E-state index contributed by atoms with van der Waals surface area (Å²) < 4.78 is 0.859. The zero-order valence-electron chi connectivity index (χ0n) is 9.81. The predicted octanol–water partition coefficient (Wildman–Crippen LogP) is 1.05. The van der Waals surface area contributed by atoms with Crippen molar-refractivity contribution in [1.82, 2.24) is 5.32 Å². The fourth-order valence-corrected chi connectivity index (χ4v) is 2.06. The van der Waals surface area contributed by atoms with E-state index in [1.54, 1.807) is 24.3 Å². The Bertz CT molecular complexity index is 422. The largest absolute Gasteiger partial charge is 0.548 e. The molecule has 1 aromatic carbocycles. The SMILES string of the molecule is CSCC[C@H](NC(=O)c1ccc(Br)cc1)C(=O)[O-]. The molecule has 4 nitrogen and oxygen atoms in total. The van der Waals surface area contributed by atoms with E-state index in [0.717, 1.165) is 4.47 Å². The van der Waals surface area contributed by atoms with Gasteiger partial charge in [0.2, 0.25) is 0 Å². The zero-order valence-corrected chi connectivity index (χ0v) is 12.2. The number of nitrogens with one attached hydrogen (secondary N) is 1. The van der Waals surface area contributed by atoms with Gasteiger partial charge in [-0.3, -0.25) is 4.79 Å². The van der Waals surface area contributed by atoms with Crippen LogP contribution in [-0.4, -0.2) is 29.9 Å².